The number of Topliss-reactive ketones (excluding diaryl/α,β-unsaturated/α-hetero) is 1. The molecule has 0 radical (unpaired) electrons. The summed E-state index contributed by atoms with van der Waals surface area (Å²) in [5.74, 6) is 0.506. The summed E-state index contributed by atoms with van der Waals surface area (Å²) in [6.07, 6.45) is 2.85. The van der Waals surface area contributed by atoms with Crippen molar-refractivity contribution < 1.29 is 14.3 Å². The number of hydrogen-bond donors (Lipinski definition) is 1. The highest BCUT2D eigenvalue weighted by Gasteiger charge is 2.41. The normalized spacial score (nSPS) is 18.6. The van der Waals surface area contributed by atoms with E-state index in [1.165, 1.54) is 7.11 Å². The Labute approximate surface area is 106 Å². The highest BCUT2D eigenvalue weighted by atomic mass is 16.5. The quantitative estimate of drug-likeness (QED) is 0.784. The van der Waals surface area contributed by atoms with E-state index >= 15 is 0 Å². The molecule has 2 rings (SSSR count). The number of aryl methyl sites for hydroxylation is 1. The van der Waals surface area contributed by atoms with Crippen molar-refractivity contribution in [1.82, 2.24) is 9.78 Å². The summed E-state index contributed by atoms with van der Waals surface area (Å²) in [6, 6.07) is 0. The van der Waals surface area contributed by atoms with Gasteiger partial charge in [0.15, 0.2) is 11.5 Å². The maximum atomic E-state index is 12.7. The maximum absolute atomic E-state index is 12.7. The molecule has 6 heteroatoms. The van der Waals surface area contributed by atoms with E-state index in [0.717, 1.165) is 0 Å². The Morgan fingerprint density at radius 2 is 2.28 bits per heavy atom. The van der Waals surface area contributed by atoms with Gasteiger partial charge in [-0.25, -0.2) is 0 Å². The van der Waals surface area contributed by atoms with Crippen LogP contribution >= 0.6 is 0 Å². The molecular weight excluding hydrogens is 234 g/mol. The van der Waals surface area contributed by atoms with Crippen LogP contribution in [0.2, 0.25) is 0 Å². The van der Waals surface area contributed by atoms with E-state index in [-0.39, 0.29) is 5.78 Å². The Hall–Kier alpha value is -1.40. The van der Waals surface area contributed by atoms with Crippen molar-refractivity contribution in [3.05, 3.63) is 11.9 Å². The van der Waals surface area contributed by atoms with E-state index in [0.29, 0.717) is 44.0 Å². The fraction of sp³-hybridized carbons (Fsp3) is 0.667. The summed E-state index contributed by atoms with van der Waals surface area (Å²) in [6.45, 7) is 1.47. The van der Waals surface area contributed by atoms with Gasteiger partial charge in [-0.3, -0.25) is 9.48 Å². The van der Waals surface area contributed by atoms with Crippen molar-refractivity contribution in [1.29, 1.82) is 0 Å². The molecule has 2 heterocycles. The monoisotopic (exact) mass is 253 g/mol. The lowest BCUT2D eigenvalue weighted by atomic mass is 9.75. The maximum Gasteiger partial charge on any atom is 0.192 e. The molecule has 0 aromatic carbocycles. The molecule has 0 spiro atoms. The van der Waals surface area contributed by atoms with E-state index in [1.54, 1.807) is 17.9 Å². The number of methoxy groups -OCH3 is 1. The largest absolute Gasteiger partial charge is 0.493 e. The lowest BCUT2D eigenvalue weighted by Crippen LogP contribution is -2.44. The summed E-state index contributed by atoms with van der Waals surface area (Å²) in [4.78, 5) is 12.7. The molecule has 0 aliphatic carbocycles. The summed E-state index contributed by atoms with van der Waals surface area (Å²) in [5, 5.41) is 4.07. The summed E-state index contributed by atoms with van der Waals surface area (Å²) in [7, 11) is 3.27. The topological polar surface area (TPSA) is 79.4 Å². The van der Waals surface area contributed by atoms with E-state index in [2.05, 4.69) is 5.10 Å². The molecule has 0 amide bonds. The van der Waals surface area contributed by atoms with Gasteiger partial charge in [0, 0.05) is 26.8 Å². The Morgan fingerprint density at radius 3 is 2.83 bits per heavy atom. The molecule has 2 N–H and O–H groups in total. The second kappa shape index (κ2) is 5.07. The van der Waals surface area contributed by atoms with Gasteiger partial charge >= 0.3 is 0 Å². The number of carbonyl (C=O) groups excluding carboxylic acids is 1. The first-order valence-corrected chi connectivity index (χ1v) is 6.03. The average molecular weight is 253 g/mol. The van der Waals surface area contributed by atoms with Crippen molar-refractivity contribution in [3.63, 3.8) is 0 Å². The number of nitrogens with two attached hydrogens (primary N) is 1. The standard InChI is InChI=1S/C12H19N3O3/c1-15-10(9(17-2)7-14-15)11(16)12(8-13)3-5-18-6-4-12/h7H,3-6,8,13H2,1-2H3. The number of ether oxygens (including phenoxy) is 2. The van der Waals surface area contributed by atoms with Crippen molar-refractivity contribution in [2.24, 2.45) is 18.2 Å². The van der Waals surface area contributed by atoms with Crippen molar-refractivity contribution in [2.75, 3.05) is 26.9 Å². The van der Waals surface area contributed by atoms with Gasteiger partial charge in [-0.2, -0.15) is 5.10 Å². The molecule has 0 unspecified atom stereocenters. The molecule has 18 heavy (non-hydrogen) atoms. The van der Waals surface area contributed by atoms with Crippen LogP contribution in [0.5, 0.6) is 5.75 Å². The lowest BCUT2D eigenvalue weighted by molar-refractivity contribution is 0.0193. The fourth-order valence-electron chi connectivity index (χ4n) is 2.36. The molecule has 1 aliphatic rings. The van der Waals surface area contributed by atoms with Crippen molar-refractivity contribution in [2.45, 2.75) is 12.8 Å². The number of hydrogen-bond acceptors (Lipinski definition) is 5. The third-order valence-corrected chi connectivity index (χ3v) is 3.66. The zero-order valence-corrected chi connectivity index (χ0v) is 10.8. The molecule has 0 atom stereocenters. The van der Waals surface area contributed by atoms with Crippen molar-refractivity contribution >= 4 is 5.78 Å². The first-order chi connectivity index (χ1) is 8.64. The van der Waals surface area contributed by atoms with Gasteiger partial charge in [-0.15, -0.1) is 0 Å². The van der Waals surface area contributed by atoms with Gasteiger partial charge in [0.2, 0.25) is 0 Å². The van der Waals surface area contributed by atoms with Crippen LogP contribution in [-0.2, 0) is 11.8 Å². The van der Waals surface area contributed by atoms with Gasteiger partial charge in [0.25, 0.3) is 0 Å². The number of carbonyl (C=O) groups is 1. The number of aromatic nitrogens is 2. The van der Waals surface area contributed by atoms with Crippen molar-refractivity contribution in [3.8, 4) is 5.75 Å². The smallest absolute Gasteiger partial charge is 0.192 e. The van der Waals surface area contributed by atoms with Crippen LogP contribution in [0.25, 0.3) is 0 Å². The van der Waals surface area contributed by atoms with E-state index in [1.807, 2.05) is 0 Å². The zero-order valence-electron chi connectivity index (χ0n) is 10.8. The van der Waals surface area contributed by atoms with E-state index in [4.69, 9.17) is 15.2 Å². The molecule has 6 nitrogen and oxygen atoms in total. The molecule has 1 saturated heterocycles. The Morgan fingerprint density at radius 1 is 1.61 bits per heavy atom. The average Bonchev–Trinajstić information content (AvgIpc) is 2.79. The number of rotatable bonds is 4. The highest BCUT2D eigenvalue weighted by Crippen LogP contribution is 2.35. The molecule has 0 bridgehead atoms. The minimum Gasteiger partial charge on any atom is -0.493 e. The van der Waals surface area contributed by atoms with Gasteiger partial charge in [0.05, 0.1) is 18.7 Å². The van der Waals surface area contributed by atoms with Crippen LogP contribution in [0.3, 0.4) is 0 Å². The van der Waals surface area contributed by atoms with Crippen LogP contribution in [0.4, 0.5) is 0 Å². The first kappa shape index (κ1) is 13.0. The summed E-state index contributed by atoms with van der Waals surface area (Å²) in [5.41, 5.74) is 5.79. The minimum atomic E-state index is -0.542. The predicted octanol–water partition coefficient (Wildman–Crippen LogP) is 0.367. The van der Waals surface area contributed by atoms with Crippen LogP contribution in [-0.4, -0.2) is 42.4 Å². The van der Waals surface area contributed by atoms with Gasteiger partial charge in [-0.05, 0) is 12.8 Å². The fourth-order valence-corrected chi connectivity index (χ4v) is 2.36. The summed E-state index contributed by atoms with van der Waals surface area (Å²) >= 11 is 0. The Kier molecular flexibility index (Phi) is 3.68. The second-order valence-electron chi connectivity index (χ2n) is 4.61. The minimum absolute atomic E-state index is 0.00477. The predicted molar refractivity (Wildman–Crippen MR) is 65.6 cm³/mol. The van der Waals surface area contributed by atoms with Gasteiger partial charge in [-0.1, -0.05) is 0 Å². The van der Waals surface area contributed by atoms with Crippen LogP contribution in [0.1, 0.15) is 23.3 Å². The van der Waals surface area contributed by atoms with E-state index < -0.39 is 5.41 Å². The lowest BCUT2D eigenvalue weighted by Gasteiger charge is -2.34. The third kappa shape index (κ3) is 2.02. The number of ketones is 1. The molecule has 100 valence electrons. The summed E-state index contributed by atoms with van der Waals surface area (Å²) < 4.78 is 12.1. The Balaban J connectivity index is 2.36. The number of nitrogens with zero attached hydrogens (tertiary/aromatic N) is 2. The molecule has 1 fully saturated rings. The second-order valence-corrected chi connectivity index (χ2v) is 4.61. The zero-order chi connectivity index (χ0) is 13.2. The SMILES string of the molecule is COc1cnn(C)c1C(=O)C1(CN)CCOCC1. The van der Waals surface area contributed by atoms with Crippen LogP contribution in [0, 0.1) is 5.41 Å². The third-order valence-electron chi connectivity index (χ3n) is 3.66. The molecule has 1 aromatic heterocycles. The van der Waals surface area contributed by atoms with E-state index in [9.17, 15) is 4.79 Å². The molecule has 1 aromatic rings. The first-order valence-electron chi connectivity index (χ1n) is 6.03. The van der Waals surface area contributed by atoms with Gasteiger partial charge in [0.1, 0.15) is 5.69 Å². The molecular formula is C12H19N3O3. The highest BCUT2D eigenvalue weighted by molar-refractivity contribution is 6.01. The van der Waals surface area contributed by atoms with Gasteiger partial charge < -0.3 is 15.2 Å². The molecule has 0 saturated carbocycles. The molecule has 1 aliphatic heterocycles. The van der Waals surface area contributed by atoms with Crippen LogP contribution < -0.4 is 10.5 Å². The van der Waals surface area contributed by atoms with Crippen LogP contribution in [0.15, 0.2) is 6.20 Å². The Bertz CT molecular complexity index is 436.